The third kappa shape index (κ3) is 2.79. The Bertz CT molecular complexity index is 660. The van der Waals surface area contributed by atoms with Crippen LogP contribution in [0.4, 0.5) is 0 Å². The molecule has 0 bridgehead atoms. The zero-order chi connectivity index (χ0) is 16.4. The van der Waals surface area contributed by atoms with Crippen LogP contribution in [0.15, 0.2) is 46.6 Å². The molecule has 22 heavy (non-hydrogen) atoms. The Morgan fingerprint density at radius 2 is 1.73 bits per heavy atom. The predicted octanol–water partition coefficient (Wildman–Crippen LogP) is 2.94. The van der Waals surface area contributed by atoms with E-state index in [1.165, 1.54) is 0 Å². The number of aliphatic imine (C=N–C) groups is 1. The van der Waals surface area contributed by atoms with Crippen molar-refractivity contribution in [1.82, 2.24) is 0 Å². The number of nitrogens with zero attached hydrogens (tertiary/aromatic N) is 1. The number of hydrogen-bond acceptors (Lipinski definition) is 3. The minimum atomic E-state index is -1.10. The highest BCUT2D eigenvalue weighted by Gasteiger charge is 2.43. The van der Waals surface area contributed by atoms with Crippen LogP contribution in [-0.2, 0) is 9.59 Å². The Morgan fingerprint density at radius 3 is 2.23 bits per heavy atom. The highest BCUT2D eigenvalue weighted by Crippen LogP contribution is 2.40. The Kier molecular flexibility index (Phi) is 4.45. The van der Waals surface area contributed by atoms with Gasteiger partial charge in [-0.25, -0.2) is 4.79 Å². The lowest BCUT2D eigenvalue weighted by molar-refractivity contribution is -0.141. The van der Waals surface area contributed by atoms with Gasteiger partial charge in [-0.1, -0.05) is 37.3 Å². The Hall–Kier alpha value is -2.43. The van der Waals surface area contributed by atoms with Crippen LogP contribution in [0.2, 0.25) is 0 Å². The maximum absolute atomic E-state index is 11.7. The van der Waals surface area contributed by atoms with Crippen molar-refractivity contribution in [2.24, 2.45) is 16.8 Å². The predicted molar refractivity (Wildman–Crippen MR) is 82.9 cm³/mol. The molecule has 0 amide bonds. The molecule has 5 nitrogen and oxygen atoms in total. The first-order valence-corrected chi connectivity index (χ1v) is 7.11. The molecule has 0 fully saturated rings. The van der Waals surface area contributed by atoms with Gasteiger partial charge >= 0.3 is 11.9 Å². The van der Waals surface area contributed by atoms with Crippen LogP contribution in [0.5, 0.6) is 0 Å². The largest absolute Gasteiger partial charge is 0.481 e. The van der Waals surface area contributed by atoms with Crippen LogP contribution in [-0.4, -0.2) is 27.9 Å². The molecule has 1 aliphatic heterocycles. The van der Waals surface area contributed by atoms with Crippen molar-refractivity contribution in [2.75, 3.05) is 0 Å². The summed E-state index contributed by atoms with van der Waals surface area (Å²) in [6, 6.07) is 9.38. The first-order valence-electron chi connectivity index (χ1n) is 7.11. The molecular weight excluding hydrogens is 282 g/mol. The Labute approximate surface area is 129 Å². The average Bonchev–Trinajstić information content (AvgIpc) is 2.45. The van der Waals surface area contributed by atoms with E-state index in [2.05, 4.69) is 4.99 Å². The van der Waals surface area contributed by atoms with Crippen molar-refractivity contribution in [1.29, 1.82) is 0 Å². The molecule has 0 saturated heterocycles. The number of allylic oxidation sites excluding steroid dienone is 1. The third-order valence-electron chi connectivity index (χ3n) is 4.24. The molecule has 2 rings (SSSR count). The lowest BCUT2D eigenvalue weighted by Crippen LogP contribution is -2.38. The molecule has 2 N–H and O–H groups in total. The van der Waals surface area contributed by atoms with E-state index in [0.717, 1.165) is 5.56 Å². The van der Waals surface area contributed by atoms with Gasteiger partial charge in [0.25, 0.3) is 0 Å². The van der Waals surface area contributed by atoms with Gasteiger partial charge in [-0.3, -0.25) is 9.79 Å². The lowest BCUT2D eigenvalue weighted by atomic mass is 9.71. The fourth-order valence-electron chi connectivity index (χ4n) is 3.19. The third-order valence-corrected chi connectivity index (χ3v) is 4.24. The molecule has 0 radical (unpaired) electrons. The molecule has 5 heteroatoms. The van der Waals surface area contributed by atoms with Gasteiger partial charge in [0, 0.05) is 17.3 Å². The first-order chi connectivity index (χ1) is 10.3. The summed E-state index contributed by atoms with van der Waals surface area (Å²) < 4.78 is 0. The summed E-state index contributed by atoms with van der Waals surface area (Å²) in [4.78, 5) is 27.5. The van der Waals surface area contributed by atoms with E-state index in [1.54, 1.807) is 13.8 Å². The van der Waals surface area contributed by atoms with Crippen molar-refractivity contribution in [3.63, 3.8) is 0 Å². The molecule has 0 saturated carbocycles. The van der Waals surface area contributed by atoms with E-state index in [4.69, 9.17) is 0 Å². The van der Waals surface area contributed by atoms with Gasteiger partial charge in [-0.05, 0) is 25.3 Å². The fourth-order valence-corrected chi connectivity index (χ4v) is 3.19. The molecule has 0 aliphatic carbocycles. The smallest absolute Gasteiger partial charge is 0.333 e. The summed E-state index contributed by atoms with van der Waals surface area (Å²) >= 11 is 0. The van der Waals surface area contributed by atoms with Gasteiger partial charge in [-0.2, -0.15) is 0 Å². The number of hydrogen-bond donors (Lipinski definition) is 2. The normalized spacial score (nSPS) is 23.0. The molecule has 1 aliphatic rings. The second-order valence-corrected chi connectivity index (χ2v) is 5.60. The summed E-state index contributed by atoms with van der Waals surface area (Å²) in [6.07, 6.45) is 0. The number of carboxylic acids is 2. The van der Waals surface area contributed by atoms with Gasteiger partial charge in [0.05, 0.1) is 5.57 Å². The SMILES string of the molecule is CC1=NC(C)=C(C(=O)O)C(C(C)c2ccccc2)C1C(=O)O. The highest BCUT2D eigenvalue weighted by molar-refractivity contribution is 6.05. The fraction of sp³-hybridized carbons (Fsp3) is 0.353. The van der Waals surface area contributed by atoms with Crippen LogP contribution < -0.4 is 0 Å². The number of carbonyl (C=O) groups is 2. The van der Waals surface area contributed by atoms with Crippen molar-refractivity contribution >= 4 is 17.7 Å². The minimum absolute atomic E-state index is 0.0920. The lowest BCUT2D eigenvalue weighted by Gasteiger charge is -2.33. The monoisotopic (exact) mass is 301 g/mol. The van der Waals surface area contributed by atoms with Crippen LogP contribution in [0.1, 0.15) is 32.3 Å². The molecule has 3 unspecified atom stereocenters. The van der Waals surface area contributed by atoms with E-state index in [1.807, 2.05) is 37.3 Å². The standard InChI is InChI=1S/C17H19NO4/c1-9(12-7-5-4-6-8-12)13-14(16(19)20)10(2)18-11(3)15(13)17(21)22/h4-9,13-14H,1-3H3,(H,19,20)(H,21,22). The van der Waals surface area contributed by atoms with Gasteiger partial charge in [-0.15, -0.1) is 0 Å². The summed E-state index contributed by atoms with van der Waals surface area (Å²) in [5.41, 5.74) is 1.84. The Balaban J connectivity index is 2.58. The summed E-state index contributed by atoms with van der Waals surface area (Å²) in [5, 5.41) is 19.1. The molecule has 0 aromatic heterocycles. The van der Waals surface area contributed by atoms with Crippen molar-refractivity contribution < 1.29 is 19.8 Å². The van der Waals surface area contributed by atoms with Crippen molar-refractivity contribution in [2.45, 2.75) is 26.7 Å². The first kappa shape index (κ1) is 15.9. The van der Waals surface area contributed by atoms with Gasteiger partial charge in [0.15, 0.2) is 0 Å². The summed E-state index contributed by atoms with van der Waals surface area (Å²) in [5.74, 6) is -3.96. The zero-order valence-corrected chi connectivity index (χ0v) is 12.8. The number of aliphatic carboxylic acids is 2. The summed E-state index contributed by atoms with van der Waals surface area (Å²) in [7, 11) is 0. The van der Waals surface area contributed by atoms with Gasteiger partial charge < -0.3 is 10.2 Å². The van der Waals surface area contributed by atoms with Crippen LogP contribution in [0.3, 0.4) is 0 Å². The molecule has 1 aromatic carbocycles. The highest BCUT2D eigenvalue weighted by atomic mass is 16.4. The topological polar surface area (TPSA) is 87.0 Å². The Morgan fingerprint density at radius 1 is 1.14 bits per heavy atom. The quantitative estimate of drug-likeness (QED) is 0.895. The number of benzene rings is 1. The van der Waals surface area contributed by atoms with E-state index < -0.39 is 23.8 Å². The maximum Gasteiger partial charge on any atom is 0.333 e. The second-order valence-electron chi connectivity index (χ2n) is 5.60. The van der Waals surface area contributed by atoms with E-state index in [-0.39, 0.29) is 11.5 Å². The van der Waals surface area contributed by atoms with Crippen LogP contribution >= 0.6 is 0 Å². The van der Waals surface area contributed by atoms with E-state index >= 15 is 0 Å². The van der Waals surface area contributed by atoms with E-state index in [9.17, 15) is 19.8 Å². The van der Waals surface area contributed by atoms with Crippen LogP contribution in [0, 0.1) is 11.8 Å². The second kappa shape index (κ2) is 6.13. The molecular formula is C17H19NO4. The van der Waals surface area contributed by atoms with Gasteiger partial charge in [0.1, 0.15) is 5.92 Å². The van der Waals surface area contributed by atoms with Gasteiger partial charge in [0.2, 0.25) is 0 Å². The summed E-state index contributed by atoms with van der Waals surface area (Å²) in [6.45, 7) is 5.13. The molecule has 0 spiro atoms. The van der Waals surface area contributed by atoms with Crippen LogP contribution in [0.25, 0.3) is 0 Å². The maximum atomic E-state index is 11.7. The minimum Gasteiger partial charge on any atom is -0.481 e. The average molecular weight is 301 g/mol. The number of carboxylic acid groups (broad SMARTS) is 2. The van der Waals surface area contributed by atoms with Crippen molar-refractivity contribution in [3.8, 4) is 0 Å². The number of rotatable bonds is 4. The molecule has 1 heterocycles. The molecule has 116 valence electrons. The van der Waals surface area contributed by atoms with E-state index in [0.29, 0.717) is 11.4 Å². The molecule has 3 atom stereocenters. The van der Waals surface area contributed by atoms with Crippen molar-refractivity contribution in [3.05, 3.63) is 47.2 Å². The zero-order valence-electron chi connectivity index (χ0n) is 12.8. The molecule has 1 aromatic rings.